The van der Waals surface area contributed by atoms with Crippen molar-refractivity contribution in [2.45, 2.75) is 39.7 Å². The third kappa shape index (κ3) is 4.27. The maximum Gasteiger partial charge on any atom is 0.322 e. The summed E-state index contributed by atoms with van der Waals surface area (Å²) in [5, 5.41) is 5.72. The fourth-order valence-electron chi connectivity index (χ4n) is 3.59. The van der Waals surface area contributed by atoms with E-state index in [0.29, 0.717) is 18.7 Å². The van der Waals surface area contributed by atoms with Crippen molar-refractivity contribution < 1.29 is 14.0 Å². The third-order valence-corrected chi connectivity index (χ3v) is 4.84. The zero-order valence-corrected chi connectivity index (χ0v) is 15.8. The number of halogens is 1. The zero-order valence-electron chi connectivity index (χ0n) is 15.8. The van der Waals surface area contributed by atoms with Crippen LogP contribution in [0.1, 0.15) is 29.5 Å². The summed E-state index contributed by atoms with van der Waals surface area (Å²) in [4.78, 5) is 27.0. The molecule has 0 aliphatic carbocycles. The van der Waals surface area contributed by atoms with E-state index >= 15 is 0 Å². The van der Waals surface area contributed by atoms with Crippen molar-refractivity contribution in [1.29, 1.82) is 0 Å². The quantitative estimate of drug-likeness (QED) is 0.843. The first-order chi connectivity index (χ1) is 12.8. The minimum Gasteiger partial charge on any atom is -0.324 e. The Kier molecular flexibility index (Phi) is 5.44. The molecule has 142 valence electrons. The van der Waals surface area contributed by atoms with Gasteiger partial charge in [0.25, 0.3) is 0 Å². The Bertz CT molecular complexity index is 841. The van der Waals surface area contributed by atoms with Gasteiger partial charge in [-0.05, 0) is 69.0 Å². The van der Waals surface area contributed by atoms with Crippen molar-refractivity contribution >= 4 is 23.3 Å². The van der Waals surface area contributed by atoms with Gasteiger partial charge in [-0.2, -0.15) is 0 Å². The van der Waals surface area contributed by atoms with E-state index in [1.165, 1.54) is 29.2 Å². The van der Waals surface area contributed by atoms with Crippen LogP contribution in [0.2, 0.25) is 0 Å². The van der Waals surface area contributed by atoms with Crippen LogP contribution in [0.25, 0.3) is 0 Å². The molecule has 27 heavy (non-hydrogen) atoms. The van der Waals surface area contributed by atoms with Gasteiger partial charge in [-0.3, -0.25) is 4.79 Å². The summed E-state index contributed by atoms with van der Waals surface area (Å²) in [6, 6.07) is 8.74. The van der Waals surface area contributed by atoms with Crippen LogP contribution in [0.5, 0.6) is 0 Å². The second-order valence-electron chi connectivity index (χ2n) is 7.05. The molecule has 0 saturated carbocycles. The van der Waals surface area contributed by atoms with Gasteiger partial charge in [-0.25, -0.2) is 9.18 Å². The lowest BCUT2D eigenvalue weighted by atomic mass is 10.0. The molecule has 0 aromatic heterocycles. The van der Waals surface area contributed by atoms with Crippen LogP contribution < -0.4 is 10.6 Å². The highest BCUT2D eigenvalue weighted by molar-refractivity contribution is 6.00. The molecule has 3 amide bonds. The van der Waals surface area contributed by atoms with Gasteiger partial charge in [-0.1, -0.05) is 17.7 Å². The average molecular weight is 369 g/mol. The van der Waals surface area contributed by atoms with Gasteiger partial charge in [0.2, 0.25) is 5.91 Å². The standard InChI is InChI=1S/C21H24FN3O2/c1-13-11-14(2)19(15(3)12-13)24-20(26)18-5-4-10-25(18)21(27)23-17-8-6-16(22)7-9-17/h6-9,11-12,18H,4-5,10H2,1-3H3,(H,23,27)(H,24,26)/t18-/m1/s1. The summed E-state index contributed by atoms with van der Waals surface area (Å²) >= 11 is 0. The van der Waals surface area contributed by atoms with Crippen LogP contribution in [-0.2, 0) is 4.79 Å². The predicted octanol–water partition coefficient (Wildman–Crippen LogP) is 4.39. The predicted molar refractivity (Wildman–Crippen MR) is 104 cm³/mol. The summed E-state index contributed by atoms with van der Waals surface area (Å²) in [6.07, 6.45) is 1.38. The number of carbonyl (C=O) groups is 2. The van der Waals surface area contributed by atoms with E-state index in [1.807, 2.05) is 32.9 Å². The first-order valence-electron chi connectivity index (χ1n) is 9.07. The Morgan fingerprint density at radius 2 is 1.67 bits per heavy atom. The number of urea groups is 1. The lowest BCUT2D eigenvalue weighted by Gasteiger charge is -2.25. The van der Waals surface area contributed by atoms with Crippen molar-refractivity contribution in [2.24, 2.45) is 0 Å². The second kappa shape index (κ2) is 7.78. The van der Waals surface area contributed by atoms with Gasteiger partial charge in [-0.15, -0.1) is 0 Å². The van der Waals surface area contributed by atoms with E-state index in [-0.39, 0.29) is 17.8 Å². The number of nitrogens with one attached hydrogen (secondary N) is 2. The van der Waals surface area contributed by atoms with Crippen molar-refractivity contribution in [1.82, 2.24) is 4.90 Å². The SMILES string of the molecule is Cc1cc(C)c(NC(=O)[C@H]2CCCN2C(=O)Nc2ccc(F)cc2)c(C)c1. The van der Waals surface area contributed by atoms with Gasteiger partial charge in [0, 0.05) is 17.9 Å². The van der Waals surface area contributed by atoms with Crippen LogP contribution in [0.4, 0.5) is 20.6 Å². The van der Waals surface area contributed by atoms with Crippen LogP contribution in [0, 0.1) is 26.6 Å². The molecular weight excluding hydrogens is 345 g/mol. The number of amides is 3. The minimum absolute atomic E-state index is 0.184. The maximum atomic E-state index is 13.0. The number of hydrogen-bond acceptors (Lipinski definition) is 2. The molecule has 6 heteroatoms. The van der Waals surface area contributed by atoms with Crippen LogP contribution in [0.3, 0.4) is 0 Å². The van der Waals surface area contributed by atoms with Gasteiger partial charge < -0.3 is 15.5 Å². The molecule has 0 unspecified atom stereocenters. The molecule has 0 spiro atoms. The van der Waals surface area contributed by atoms with E-state index < -0.39 is 6.04 Å². The van der Waals surface area contributed by atoms with Crippen molar-refractivity contribution in [3.63, 3.8) is 0 Å². The van der Waals surface area contributed by atoms with E-state index in [2.05, 4.69) is 10.6 Å². The average Bonchev–Trinajstić information content (AvgIpc) is 3.10. The first-order valence-corrected chi connectivity index (χ1v) is 9.07. The van der Waals surface area contributed by atoms with E-state index in [0.717, 1.165) is 28.8 Å². The number of nitrogens with zero attached hydrogens (tertiary/aromatic N) is 1. The van der Waals surface area contributed by atoms with E-state index in [9.17, 15) is 14.0 Å². The van der Waals surface area contributed by atoms with Gasteiger partial charge in [0.1, 0.15) is 11.9 Å². The minimum atomic E-state index is -0.523. The summed E-state index contributed by atoms with van der Waals surface area (Å²) < 4.78 is 13.0. The molecule has 1 heterocycles. The maximum absolute atomic E-state index is 13.0. The summed E-state index contributed by atoms with van der Waals surface area (Å²) in [6.45, 7) is 6.45. The number of likely N-dealkylation sites (tertiary alicyclic amines) is 1. The van der Waals surface area contributed by atoms with E-state index in [1.54, 1.807) is 0 Å². The number of rotatable bonds is 3. The Morgan fingerprint density at radius 1 is 1.04 bits per heavy atom. The Morgan fingerprint density at radius 3 is 2.30 bits per heavy atom. The largest absolute Gasteiger partial charge is 0.324 e. The monoisotopic (exact) mass is 369 g/mol. The zero-order chi connectivity index (χ0) is 19.6. The molecule has 1 saturated heterocycles. The van der Waals surface area contributed by atoms with Crippen LogP contribution in [0.15, 0.2) is 36.4 Å². The fraction of sp³-hybridized carbons (Fsp3) is 0.333. The summed E-state index contributed by atoms with van der Waals surface area (Å²) in [5.74, 6) is -0.549. The lowest BCUT2D eigenvalue weighted by molar-refractivity contribution is -0.119. The Balaban J connectivity index is 1.71. The van der Waals surface area contributed by atoms with Crippen molar-refractivity contribution in [3.8, 4) is 0 Å². The summed E-state index contributed by atoms with van der Waals surface area (Å²) in [5.41, 5.74) is 4.44. The molecule has 2 aromatic rings. The van der Waals surface area contributed by atoms with E-state index in [4.69, 9.17) is 0 Å². The highest BCUT2D eigenvalue weighted by atomic mass is 19.1. The van der Waals surface area contributed by atoms with Crippen LogP contribution >= 0.6 is 0 Å². The topological polar surface area (TPSA) is 61.4 Å². The molecule has 2 aromatic carbocycles. The van der Waals surface area contributed by atoms with Gasteiger partial charge in [0.05, 0.1) is 0 Å². The molecule has 2 N–H and O–H groups in total. The molecule has 0 bridgehead atoms. The molecule has 1 aliphatic heterocycles. The first kappa shape index (κ1) is 18.9. The van der Waals surface area contributed by atoms with Gasteiger partial charge in [0.15, 0.2) is 0 Å². The highest BCUT2D eigenvalue weighted by Crippen LogP contribution is 2.25. The fourth-order valence-corrected chi connectivity index (χ4v) is 3.59. The number of hydrogen-bond donors (Lipinski definition) is 2. The number of carbonyl (C=O) groups excluding carboxylic acids is 2. The molecule has 1 aliphatic rings. The van der Waals surface area contributed by atoms with Crippen LogP contribution in [-0.4, -0.2) is 29.4 Å². The third-order valence-electron chi connectivity index (χ3n) is 4.84. The molecule has 0 radical (unpaired) electrons. The molecule has 1 atom stereocenters. The van der Waals surface area contributed by atoms with Crippen molar-refractivity contribution in [3.05, 3.63) is 58.9 Å². The van der Waals surface area contributed by atoms with Crippen molar-refractivity contribution in [2.75, 3.05) is 17.2 Å². The van der Waals surface area contributed by atoms with Gasteiger partial charge >= 0.3 is 6.03 Å². The number of anilines is 2. The summed E-state index contributed by atoms with van der Waals surface area (Å²) in [7, 11) is 0. The molecule has 5 nitrogen and oxygen atoms in total. The molecule has 3 rings (SSSR count). The molecular formula is C21H24FN3O2. The normalized spacial score (nSPS) is 16.3. The number of aryl methyl sites for hydroxylation is 3. The Labute approximate surface area is 158 Å². The lowest BCUT2D eigenvalue weighted by Crippen LogP contribution is -2.45. The second-order valence-corrected chi connectivity index (χ2v) is 7.05. The molecule has 1 fully saturated rings. The highest BCUT2D eigenvalue weighted by Gasteiger charge is 2.34. The number of benzene rings is 2. The Hall–Kier alpha value is -2.89. The smallest absolute Gasteiger partial charge is 0.322 e.